The maximum Gasteiger partial charge on any atom is 0.409 e. The van der Waals surface area contributed by atoms with E-state index in [1.807, 2.05) is 6.92 Å². The Bertz CT molecular complexity index is 429. The van der Waals surface area contributed by atoms with Gasteiger partial charge in [-0.2, -0.15) is 0 Å². The van der Waals surface area contributed by atoms with E-state index in [1.165, 1.54) is 62.4 Å². The van der Waals surface area contributed by atoms with Crippen LogP contribution in [0.1, 0.15) is 71.6 Å². The lowest BCUT2D eigenvalue weighted by Crippen LogP contribution is -2.41. The van der Waals surface area contributed by atoms with Gasteiger partial charge in [-0.15, -0.1) is 0 Å². The lowest BCUT2D eigenvalue weighted by Gasteiger charge is -2.21. The van der Waals surface area contributed by atoms with E-state index in [1.54, 1.807) is 0 Å². The molecular formula is C20H38N2O5. The number of hydrogen-bond acceptors (Lipinski definition) is 5. The van der Waals surface area contributed by atoms with Crippen LogP contribution < -0.4 is 0 Å². The molecule has 2 amide bonds. The van der Waals surface area contributed by atoms with Crippen molar-refractivity contribution in [3.8, 4) is 0 Å². The number of amides is 2. The van der Waals surface area contributed by atoms with Crippen LogP contribution in [0.4, 0.5) is 4.79 Å². The van der Waals surface area contributed by atoms with Crippen LogP contribution in [-0.2, 0) is 19.1 Å². The van der Waals surface area contributed by atoms with E-state index in [-0.39, 0.29) is 19.0 Å². The summed E-state index contributed by atoms with van der Waals surface area (Å²) >= 11 is 0. The summed E-state index contributed by atoms with van der Waals surface area (Å²) < 4.78 is 10.1. The van der Waals surface area contributed by atoms with Gasteiger partial charge in [0.25, 0.3) is 0 Å². The van der Waals surface area contributed by atoms with Gasteiger partial charge in [-0.05, 0) is 12.8 Å². The predicted octanol–water partition coefficient (Wildman–Crippen LogP) is 3.61. The van der Waals surface area contributed by atoms with E-state index in [0.717, 1.165) is 19.3 Å². The average molecular weight is 387 g/mol. The van der Waals surface area contributed by atoms with Crippen molar-refractivity contribution in [2.24, 2.45) is 0 Å². The average Bonchev–Trinajstić information content (AvgIpc) is 2.64. The van der Waals surface area contributed by atoms with Gasteiger partial charge < -0.3 is 19.3 Å². The molecule has 0 aliphatic carbocycles. The van der Waals surface area contributed by atoms with Crippen molar-refractivity contribution in [1.82, 2.24) is 9.80 Å². The summed E-state index contributed by atoms with van der Waals surface area (Å²) in [5.74, 6) is -0.764. The van der Waals surface area contributed by atoms with Crippen LogP contribution in [0.2, 0.25) is 0 Å². The predicted molar refractivity (Wildman–Crippen MR) is 105 cm³/mol. The van der Waals surface area contributed by atoms with Crippen molar-refractivity contribution in [2.75, 3.05) is 40.4 Å². The van der Waals surface area contributed by atoms with Crippen LogP contribution in [0.15, 0.2) is 0 Å². The lowest BCUT2D eigenvalue weighted by atomic mass is 10.1. The first-order valence-electron chi connectivity index (χ1n) is 10.2. The normalized spacial score (nSPS) is 10.4. The fourth-order valence-electron chi connectivity index (χ4n) is 2.44. The molecule has 0 bridgehead atoms. The van der Waals surface area contributed by atoms with Gasteiger partial charge in [-0.25, -0.2) is 4.79 Å². The van der Waals surface area contributed by atoms with Gasteiger partial charge in [-0.3, -0.25) is 9.59 Å². The van der Waals surface area contributed by atoms with Crippen LogP contribution in [0, 0.1) is 0 Å². The lowest BCUT2D eigenvalue weighted by molar-refractivity contribution is -0.148. The second-order valence-electron chi connectivity index (χ2n) is 6.92. The molecule has 0 atom stereocenters. The fourth-order valence-corrected chi connectivity index (χ4v) is 2.44. The molecule has 27 heavy (non-hydrogen) atoms. The number of rotatable bonds is 15. The number of carbonyl (C=O) groups excluding carboxylic acids is 3. The van der Waals surface area contributed by atoms with Crippen LogP contribution in [0.5, 0.6) is 0 Å². The van der Waals surface area contributed by atoms with Crippen LogP contribution in [-0.4, -0.2) is 68.2 Å². The highest BCUT2D eigenvalue weighted by molar-refractivity contribution is 5.85. The van der Waals surface area contributed by atoms with Gasteiger partial charge in [-0.1, -0.05) is 58.8 Å². The Kier molecular flexibility index (Phi) is 15.3. The van der Waals surface area contributed by atoms with E-state index in [0.29, 0.717) is 13.2 Å². The second kappa shape index (κ2) is 16.4. The molecule has 0 rings (SSSR count). The van der Waals surface area contributed by atoms with Gasteiger partial charge in [0.2, 0.25) is 5.91 Å². The van der Waals surface area contributed by atoms with E-state index in [4.69, 9.17) is 9.47 Å². The number of nitrogens with zero attached hydrogens (tertiary/aromatic N) is 2. The van der Waals surface area contributed by atoms with Crippen molar-refractivity contribution in [2.45, 2.75) is 71.6 Å². The quantitative estimate of drug-likeness (QED) is 0.317. The smallest absolute Gasteiger partial charge is 0.409 e. The molecule has 0 N–H and O–H groups in total. The van der Waals surface area contributed by atoms with Crippen LogP contribution in [0.3, 0.4) is 0 Å². The number of esters is 1. The molecule has 0 aliphatic heterocycles. The highest BCUT2D eigenvalue weighted by atomic mass is 16.6. The Morgan fingerprint density at radius 2 is 1.26 bits per heavy atom. The minimum absolute atomic E-state index is 0.117. The molecule has 0 aliphatic rings. The Morgan fingerprint density at radius 1 is 0.667 bits per heavy atom. The first-order valence-corrected chi connectivity index (χ1v) is 10.2. The van der Waals surface area contributed by atoms with Gasteiger partial charge in [0, 0.05) is 14.1 Å². The van der Waals surface area contributed by atoms with Crippen LogP contribution >= 0.6 is 0 Å². The molecular weight excluding hydrogens is 348 g/mol. The van der Waals surface area contributed by atoms with E-state index in [9.17, 15) is 14.4 Å². The summed E-state index contributed by atoms with van der Waals surface area (Å²) in [4.78, 5) is 37.9. The maximum absolute atomic E-state index is 12.1. The molecule has 158 valence electrons. The molecule has 0 heterocycles. The van der Waals surface area contributed by atoms with Crippen molar-refractivity contribution in [1.29, 1.82) is 0 Å². The Morgan fingerprint density at radius 3 is 1.85 bits per heavy atom. The zero-order valence-electron chi connectivity index (χ0n) is 17.6. The minimum atomic E-state index is -0.545. The number of carbonyl (C=O) groups is 3. The molecule has 0 saturated heterocycles. The fraction of sp³-hybridized carbons (Fsp3) is 0.850. The SMILES string of the molecule is CCCCCCCCCCOC(=O)CN(C)C(=O)CN(C)C(=O)OCCC. The Labute approximate surface area is 164 Å². The Hall–Kier alpha value is -1.79. The van der Waals surface area contributed by atoms with Crippen molar-refractivity contribution < 1.29 is 23.9 Å². The van der Waals surface area contributed by atoms with E-state index in [2.05, 4.69) is 6.92 Å². The third kappa shape index (κ3) is 14.0. The third-order valence-electron chi connectivity index (χ3n) is 4.17. The van der Waals surface area contributed by atoms with Gasteiger partial charge >= 0.3 is 12.1 Å². The molecule has 0 unspecified atom stereocenters. The summed E-state index contributed by atoms with van der Waals surface area (Å²) in [6, 6.07) is 0. The molecule has 7 heteroatoms. The number of hydrogen-bond donors (Lipinski definition) is 0. The minimum Gasteiger partial charge on any atom is -0.464 e. The molecule has 0 radical (unpaired) electrons. The first-order chi connectivity index (χ1) is 12.9. The topological polar surface area (TPSA) is 76.2 Å². The molecule has 0 aromatic heterocycles. The highest BCUT2D eigenvalue weighted by Crippen LogP contribution is 2.08. The van der Waals surface area contributed by atoms with Gasteiger partial charge in [0.15, 0.2) is 0 Å². The molecule has 0 aromatic rings. The molecule has 0 spiro atoms. The van der Waals surface area contributed by atoms with E-state index < -0.39 is 12.1 Å². The summed E-state index contributed by atoms with van der Waals surface area (Å²) in [6.45, 7) is 4.56. The maximum atomic E-state index is 12.1. The summed E-state index contributed by atoms with van der Waals surface area (Å²) in [5, 5.41) is 0. The summed E-state index contributed by atoms with van der Waals surface area (Å²) in [7, 11) is 3.01. The van der Waals surface area contributed by atoms with Crippen molar-refractivity contribution in [3.05, 3.63) is 0 Å². The zero-order chi connectivity index (χ0) is 20.5. The Balaban J connectivity index is 3.81. The van der Waals surface area contributed by atoms with Crippen molar-refractivity contribution in [3.63, 3.8) is 0 Å². The zero-order valence-corrected chi connectivity index (χ0v) is 17.6. The molecule has 0 saturated carbocycles. The summed E-state index contributed by atoms with van der Waals surface area (Å²) in [5.41, 5.74) is 0. The number of likely N-dealkylation sites (N-methyl/N-ethyl adjacent to an activating group) is 2. The van der Waals surface area contributed by atoms with Gasteiger partial charge in [0.1, 0.15) is 13.1 Å². The third-order valence-corrected chi connectivity index (χ3v) is 4.17. The van der Waals surface area contributed by atoms with Gasteiger partial charge in [0.05, 0.1) is 13.2 Å². The molecule has 0 aromatic carbocycles. The van der Waals surface area contributed by atoms with Crippen molar-refractivity contribution >= 4 is 18.0 Å². The number of unbranched alkanes of at least 4 members (excludes halogenated alkanes) is 7. The number of ether oxygens (including phenoxy) is 2. The molecule has 0 fully saturated rings. The monoisotopic (exact) mass is 386 g/mol. The second-order valence-corrected chi connectivity index (χ2v) is 6.92. The van der Waals surface area contributed by atoms with Crippen LogP contribution in [0.25, 0.3) is 0 Å². The highest BCUT2D eigenvalue weighted by Gasteiger charge is 2.19. The standard InChI is InChI=1S/C20H38N2O5/c1-5-7-8-9-10-11-12-13-15-26-19(24)17-21(3)18(23)16-22(4)20(25)27-14-6-2/h5-17H2,1-4H3. The first kappa shape index (κ1) is 25.2. The largest absolute Gasteiger partial charge is 0.464 e. The summed E-state index contributed by atoms with van der Waals surface area (Å²) in [6.07, 6.45) is 9.62. The van der Waals surface area contributed by atoms with E-state index >= 15 is 0 Å². The molecule has 7 nitrogen and oxygen atoms in total.